The van der Waals surface area contributed by atoms with E-state index in [1.165, 1.54) is 0 Å². The van der Waals surface area contributed by atoms with Gasteiger partial charge in [-0.2, -0.15) is 5.26 Å². The van der Waals surface area contributed by atoms with Crippen LogP contribution in [0.15, 0.2) is 48.5 Å². The van der Waals surface area contributed by atoms with Gasteiger partial charge < -0.3 is 10.2 Å². The van der Waals surface area contributed by atoms with Crippen LogP contribution < -0.4 is 5.32 Å². The molecule has 1 amide bonds. The van der Waals surface area contributed by atoms with Gasteiger partial charge in [0.05, 0.1) is 11.6 Å². The second-order valence-electron chi connectivity index (χ2n) is 6.22. The molecule has 0 radical (unpaired) electrons. The molecule has 24 heavy (non-hydrogen) atoms. The lowest BCUT2D eigenvalue weighted by Gasteiger charge is -2.18. The van der Waals surface area contributed by atoms with Crippen molar-refractivity contribution < 1.29 is 4.79 Å². The Morgan fingerprint density at radius 3 is 2.46 bits per heavy atom. The third kappa shape index (κ3) is 3.75. The van der Waals surface area contributed by atoms with Gasteiger partial charge in [0.15, 0.2) is 0 Å². The van der Waals surface area contributed by atoms with E-state index in [0.29, 0.717) is 18.5 Å². The Morgan fingerprint density at radius 2 is 1.88 bits per heavy atom. The monoisotopic (exact) mass is 319 g/mol. The molecule has 0 unspecified atom stereocenters. The molecule has 0 saturated carbocycles. The normalized spacial score (nSPS) is 15.2. The van der Waals surface area contributed by atoms with Crippen LogP contribution in [0.1, 0.15) is 42.5 Å². The Balaban J connectivity index is 1.60. The molecule has 1 aliphatic rings. The van der Waals surface area contributed by atoms with Crippen molar-refractivity contribution in [1.82, 2.24) is 4.90 Å². The molecule has 4 heteroatoms. The number of nitriles is 1. The number of nitrogens with one attached hydrogen (secondary N) is 1. The number of hydrogen-bond donors (Lipinski definition) is 1. The highest BCUT2D eigenvalue weighted by Gasteiger charge is 2.19. The Bertz CT molecular complexity index is 744. The predicted molar refractivity (Wildman–Crippen MR) is 94.3 cm³/mol. The molecular weight excluding hydrogens is 298 g/mol. The summed E-state index contributed by atoms with van der Waals surface area (Å²) in [6.07, 6.45) is 1.66. The maximum absolute atomic E-state index is 11.7. The molecule has 3 rings (SSSR count). The number of amides is 1. The second kappa shape index (κ2) is 7.18. The Labute approximate surface area is 142 Å². The lowest BCUT2D eigenvalue weighted by Crippen LogP contribution is -2.23. The minimum Gasteiger partial charge on any atom is -0.379 e. The molecule has 122 valence electrons. The average molecular weight is 319 g/mol. The zero-order valence-electron chi connectivity index (χ0n) is 13.8. The van der Waals surface area contributed by atoms with Crippen molar-refractivity contribution in [3.8, 4) is 6.07 Å². The van der Waals surface area contributed by atoms with Gasteiger partial charge >= 0.3 is 0 Å². The Hall–Kier alpha value is -2.80. The summed E-state index contributed by atoms with van der Waals surface area (Å²) in [5.74, 6) is 0.256. The highest BCUT2D eigenvalue weighted by Crippen LogP contribution is 2.21. The van der Waals surface area contributed by atoms with Crippen LogP contribution in [0.4, 0.5) is 5.69 Å². The van der Waals surface area contributed by atoms with Gasteiger partial charge in [-0.15, -0.1) is 0 Å². The van der Waals surface area contributed by atoms with E-state index in [-0.39, 0.29) is 11.9 Å². The summed E-state index contributed by atoms with van der Waals surface area (Å²) in [6.45, 7) is 3.66. The number of carbonyl (C=O) groups is 1. The van der Waals surface area contributed by atoms with Gasteiger partial charge in [-0.3, -0.25) is 4.79 Å². The summed E-state index contributed by atoms with van der Waals surface area (Å²) in [4.78, 5) is 13.6. The number of likely N-dealkylation sites (tertiary alicyclic amines) is 1. The van der Waals surface area contributed by atoms with Crippen molar-refractivity contribution in [2.75, 3.05) is 11.9 Å². The number of hydrogen-bond acceptors (Lipinski definition) is 3. The van der Waals surface area contributed by atoms with Gasteiger partial charge in [0, 0.05) is 31.2 Å². The quantitative estimate of drug-likeness (QED) is 0.910. The highest BCUT2D eigenvalue weighted by atomic mass is 16.2. The second-order valence-corrected chi connectivity index (χ2v) is 6.22. The van der Waals surface area contributed by atoms with Gasteiger partial charge in [0.1, 0.15) is 0 Å². The fourth-order valence-corrected chi connectivity index (χ4v) is 2.98. The van der Waals surface area contributed by atoms with E-state index in [0.717, 1.165) is 29.8 Å². The van der Waals surface area contributed by atoms with Crippen molar-refractivity contribution in [1.29, 1.82) is 5.26 Å². The maximum Gasteiger partial charge on any atom is 0.222 e. The standard InChI is InChI=1S/C20H21N3O/c1-15(18-8-4-16(13-21)5-9-18)22-19-10-6-17(7-11-19)14-23-12-2-3-20(23)24/h4-11,15,22H,2-3,12,14H2,1H3/t15-/m1/s1. The van der Waals surface area contributed by atoms with E-state index < -0.39 is 0 Å². The molecule has 0 bridgehead atoms. The van der Waals surface area contributed by atoms with Crippen LogP contribution in [0.5, 0.6) is 0 Å². The number of benzene rings is 2. The van der Waals surface area contributed by atoms with Crippen molar-refractivity contribution in [3.63, 3.8) is 0 Å². The largest absolute Gasteiger partial charge is 0.379 e. The van der Waals surface area contributed by atoms with Crippen LogP contribution in [-0.4, -0.2) is 17.4 Å². The zero-order valence-corrected chi connectivity index (χ0v) is 13.8. The molecule has 4 nitrogen and oxygen atoms in total. The number of nitrogens with zero attached hydrogens (tertiary/aromatic N) is 2. The lowest BCUT2D eigenvalue weighted by molar-refractivity contribution is -0.128. The Morgan fingerprint density at radius 1 is 1.17 bits per heavy atom. The van der Waals surface area contributed by atoms with Crippen LogP contribution in [0.2, 0.25) is 0 Å². The topological polar surface area (TPSA) is 56.1 Å². The smallest absolute Gasteiger partial charge is 0.222 e. The van der Waals surface area contributed by atoms with Gasteiger partial charge in [0.2, 0.25) is 5.91 Å². The molecule has 0 spiro atoms. The number of carbonyl (C=O) groups excluding carboxylic acids is 1. The summed E-state index contributed by atoms with van der Waals surface area (Å²) >= 11 is 0. The number of rotatable bonds is 5. The van der Waals surface area contributed by atoms with Crippen LogP contribution in [0.3, 0.4) is 0 Å². The van der Waals surface area contributed by atoms with Crippen molar-refractivity contribution in [3.05, 3.63) is 65.2 Å². The minimum atomic E-state index is 0.156. The molecule has 1 aliphatic heterocycles. The third-order valence-electron chi connectivity index (χ3n) is 4.42. The van der Waals surface area contributed by atoms with E-state index in [1.807, 2.05) is 29.2 Å². The van der Waals surface area contributed by atoms with E-state index >= 15 is 0 Å². The molecule has 2 aromatic carbocycles. The molecule has 1 saturated heterocycles. The van der Waals surface area contributed by atoms with Crippen molar-refractivity contribution in [2.45, 2.75) is 32.4 Å². The molecule has 1 N–H and O–H groups in total. The molecular formula is C20H21N3O. The van der Waals surface area contributed by atoms with Crippen molar-refractivity contribution in [2.24, 2.45) is 0 Å². The van der Waals surface area contributed by atoms with Gasteiger partial charge in [0.25, 0.3) is 0 Å². The molecule has 1 atom stereocenters. The first kappa shape index (κ1) is 16.1. The van der Waals surface area contributed by atoms with Gasteiger partial charge in [-0.25, -0.2) is 0 Å². The van der Waals surface area contributed by atoms with E-state index in [2.05, 4.69) is 42.6 Å². The van der Waals surface area contributed by atoms with E-state index in [9.17, 15) is 4.79 Å². The maximum atomic E-state index is 11.7. The SMILES string of the molecule is C[C@@H](Nc1ccc(CN2CCCC2=O)cc1)c1ccc(C#N)cc1. The molecule has 2 aromatic rings. The third-order valence-corrected chi connectivity index (χ3v) is 4.42. The summed E-state index contributed by atoms with van der Waals surface area (Å²) in [7, 11) is 0. The zero-order chi connectivity index (χ0) is 16.9. The summed E-state index contributed by atoms with van der Waals surface area (Å²) in [5.41, 5.74) is 4.01. The summed E-state index contributed by atoms with van der Waals surface area (Å²) in [5, 5.41) is 12.3. The van der Waals surface area contributed by atoms with Gasteiger partial charge in [-0.1, -0.05) is 24.3 Å². The first-order valence-corrected chi connectivity index (χ1v) is 8.29. The van der Waals surface area contributed by atoms with Gasteiger partial charge in [-0.05, 0) is 48.7 Å². The molecule has 0 aliphatic carbocycles. The summed E-state index contributed by atoms with van der Waals surface area (Å²) < 4.78 is 0. The molecule has 0 aromatic heterocycles. The molecule has 1 fully saturated rings. The fourth-order valence-electron chi connectivity index (χ4n) is 2.98. The van der Waals surface area contributed by atoms with Crippen LogP contribution in [0.25, 0.3) is 0 Å². The van der Waals surface area contributed by atoms with Crippen LogP contribution in [0, 0.1) is 11.3 Å². The summed E-state index contributed by atoms with van der Waals surface area (Å²) in [6, 6.07) is 18.2. The average Bonchev–Trinajstić information content (AvgIpc) is 3.01. The number of anilines is 1. The lowest BCUT2D eigenvalue weighted by atomic mass is 10.1. The van der Waals surface area contributed by atoms with E-state index in [1.54, 1.807) is 0 Å². The van der Waals surface area contributed by atoms with Crippen LogP contribution >= 0.6 is 0 Å². The first-order valence-electron chi connectivity index (χ1n) is 8.29. The first-order chi connectivity index (χ1) is 11.7. The van der Waals surface area contributed by atoms with Crippen LogP contribution in [-0.2, 0) is 11.3 Å². The highest BCUT2D eigenvalue weighted by molar-refractivity contribution is 5.78. The fraction of sp³-hybridized carbons (Fsp3) is 0.300. The minimum absolute atomic E-state index is 0.156. The predicted octanol–water partition coefficient (Wildman–Crippen LogP) is 3.85. The Kier molecular flexibility index (Phi) is 4.81. The molecule has 1 heterocycles. The van der Waals surface area contributed by atoms with E-state index in [4.69, 9.17) is 5.26 Å². The van der Waals surface area contributed by atoms with Crippen molar-refractivity contribution >= 4 is 11.6 Å².